The van der Waals surface area contributed by atoms with E-state index in [1.54, 1.807) is 0 Å². The van der Waals surface area contributed by atoms with Crippen LogP contribution in [0.5, 0.6) is 11.8 Å². The summed E-state index contributed by atoms with van der Waals surface area (Å²) < 4.78 is 52.7. The first kappa shape index (κ1) is 38.7. The van der Waals surface area contributed by atoms with Gasteiger partial charge in [0.05, 0.1) is 23.6 Å². The fraction of sp³-hybridized carbons (Fsp3) is 0.465. The van der Waals surface area contributed by atoms with Gasteiger partial charge in [-0.05, 0) is 68.0 Å². The number of nitrogens with zero attached hydrogens (tertiary/aromatic N) is 7. The number of halogens is 3. The lowest BCUT2D eigenvalue weighted by Crippen LogP contribution is -2.60. The number of hydrogen-bond donors (Lipinski definition) is 1. The fourth-order valence-corrected chi connectivity index (χ4v) is 8.32. The van der Waals surface area contributed by atoms with Crippen molar-refractivity contribution in [2.45, 2.75) is 83.5 Å². The van der Waals surface area contributed by atoms with Gasteiger partial charge in [0.1, 0.15) is 40.5 Å². The van der Waals surface area contributed by atoms with E-state index < -0.39 is 17.8 Å². The number of likely N-dealkylation sites (tertiary alicyclic amines) is 1. The topological polar surface area (TPSA) is 119 Å². The predicted molar refractivity (Wildman–Crippen MR) is 208 cm³/mol. The largest absolute Gasteiger partial charge is 0.508 e. The number of rotatable bonds is 11. The second-order valence-corrected chi connectivity index (χ2v) is 15.2. The minimum Gasteiger partial charge on any atom is -0.508 e. The number of phenols is 1. The number of hydrogen-bond acceptors (Lipinski definition) is 9. The van der Waals surface area contributed by atoms with E-state index in [1.807, 2.05) is 23.6 Å². The van der Waals surface area contributed by atoms with Crippen molar-refractivity contribution in [2.75, 3.05) is 44.2 Å². The molecule has 2 saturated heterocycles. The van der Waals surface area contributed by atoms with Crippen LogP contribution in [0.4, 0.5) is 19.0 Å². The smallest absolute Gasteiger partial charge is 0.319 e. The predicted octanol–water partition coefficient (Wildman–Crippen LogP) is 6.89. The van der Waals surface area contributed by atoms with E-state index >= 15 is 8.78 Å². The molecule has 13 heteroatoms. The van der Waals surface area contributed by atoms with Gasteiger partial charge in [-0.1, -0.05) is 25.8 Å². The Morgan fingerprint density at radius 1 is 1.04 bits per heavy atom. The summed E-state index contributed by atoms with van der Waals surface area (Å²) in [6.07, 6.45) is 15.3. The Labute approximate surface area is 324 Å². The first-order chi connectivity index (χ1) is 27.0. The molecule has 2 aliphatic heterocycles. The van der Waals surface area contributed by atoms with E-state index in [1.165, 1.54) is 24.3 Å². The summed E-state index contributed by atoms with van der Waals surface area (Å²) >= 11 is 0. The number of aromatic nitrogens is 3. The van der Waals surface area contributed by atoms with E-state index in [2.05, 4.69) is 32.8 Å². The van der Waals surface area contributed by atoms with Crippen molar-refractivity contribution in [3.63, 3.8) is 0 Å². The van der Waals surface area contributed by atoms with E-state index in [0.717, 1.165) is 19.4 Å². The monoisotopic (exact) mass is 763 g/mol. The highest BCUT2D eigenvalue weighted by Crippen LogP contribution is 2.47. The van der Waals surface area contributed by atoms with Crippen LogP contribution < -0.4 is 9.64 Å². The maximum Gasteiger partial charge on any atom is 0.319 e. The van der Waals surface area contributed by atoms with E-state index in [9.17, 15) is 19.6 Å². The molecular formula is C43H44F3N7O3. The number of carbonyl (C=O) groups excluding carboxylic acids is 1. The van der Waals surface area contributed by atoms with Gasteiger partial charge in [-0.2, -0.15) is 15.2 Å². The van der Waals surface area contributed by atoms with Crippen LogP contribution in [0.3, 0.4) is 0 Å². The second-order valence-electron chi connectivity index (χ2n) is 15.2. The number of anilines is 1. The number of piperazine rings is 1. The average molecular weight is 764 g/mol. The first-order valence-electron chi connectivity index (χ1n) is 19.3. The number of benzene rings is 2. The van der Waals surface area contributed by atoms with E-state index in [4.69, 9.17) is 22.6 Å². The quantitative estimate of drug-likeness (QED) is 0.163. The molecule has 3 fully saturated rings. The molecule has 290 valence electrons. The number of ether oxygens (including phenoxy) is 1. The van der Waals surface area contributed by atoms with E-state index in [0.29, 0.717) is 63.1 Å². The summed E-state index contributed by atoms with van der Waals surface area (Å²) in [5.41, 5.74) is -0.735. The molecule has 0 radical (unpaired) electrons. The Balaban J connectivity index is 1.36. The first-order valence-corrected chi connectivity index (χ1v) is 19.3. The van der Waals surface area contributed by atoms with Crippen molar-refractivity contribution in [3.8, 4) is 53.8 Å². The molecule has 4 heterocycles. The molecule has 1 aliphatic carbocycles. The number of nitriles is 1. The summed E-state index contributed by atoms with van der Waals surface area (Å²) in [5, 5.41) is 20.6. The maximum absolute atomic E-state index is 17.4. The molecule has 0 bridgehead atoms. The Kier molecular flexibility index (Phi) is 11.0. The van der Waals surface area contributed by atoms with Gasteiger partial charge in [0, 0.05) is 74.0 Å². The van der Waals surface area contributed by atoms with Crippen LogP contribution in [0.2, 0.25) is 0 Å². The van der Waals surface area contributed by atoms with Crippen molar-refractivity contribution < 1.29 is 27.8 Å². The van der Waals surface area contributed by atoms with Gasteiger partial charge in [-0.15, -0.1) is 12.8 Å². The summed E-state index contributed by atoms with van der Waals surface area (Å²) in [6.45, 7) is 6.97. The molecule has 2 aromatic heterocycles. The van der Waals surface area contributed by atoms with Gasteiger partial charge in [0.2, 0.25) is 5.91 Å². The SMILES string of the molecule is C#Cc1c(F)ccc2cc(O)cc(-c3nc(C#C)c4c(N5CC(CC)N(C(=O)CCC#N)C(CC)C5)nc(OCC5(CN6CCC(F)CC6)CC5)nc4c3F)c12. The van der Waals surface area contributed by atoms with Crippen LogP contribution in [0.1, 0.15) is 76.5 Å². The number of fused-ring (bicyclic) bond motifs is 2. The number of amides is 1. The van der Waals surface area contributed by atoms with Crippen molar-refractivity contribution in [2.24, 2.45) is 5.41 Å². The average Bonchev–Trinajstić information content (AvgIpc) is 3.98. The normalized spacial score (nSPS) is 19.8. The Morgan fingerprint density at radius 3 is 2.38 bits per heavy atom. The minimum absolute atomic E-state index is 0.0108. The standard InChI is InChI=1S/C43H44F3N7O3/c1-5-28-22-52(23-29(6-2)53(28)35(55)10-9-17-47)41-37-34(8-4)48-39(32-21-30(54)20-26-11-12-33(45)31(7-3)36(26)32)38(46)40(37)49-42(50-41)56-25-43(15-16-43)24-51-18-13-27(44)14-19-51/h3-4,11-12,20-21,27-29,54H,5-6,9-10,13-16,18-19,22-25H2,1-2H3. The van der Waals surface area contributed by atoms with Crippen molar-refractivity contribution in [1.82, 2.24) is 24.8 Å². The molecule has 1 saturated carbocycles. The summed E-state index contributed by atoms with van der Waals surface area (Å²) in [7, 11) is 0. The zero-order valence-corrected chi connectivity index (χ0v) is 31.6. The molecular weight excluding hydrogens is 720 g/mol. The summed E-state index contributed by atoms with van der Waals surface area (Å²) in [5.74, 6) is 3.33. The van der Waals surface area contributed by atoms with Crippen molar-refractivity contribution >= 4 is 33.4 Å². The van der Waals surface area contributed by atoms with Crippen molar-refractivity contribution in [1.29, 1.82) is 5.26 Å². The number of piperidine rings is 1. The highest BCUT2D eigenvalue weighted by molar-refractivity contribution is 6.04. The molecule has 2 unspecified atom stereocenters. The number of pyridine rings is 1. The Hall–Kier alpha value is -5.58. The molecule has 56 heavy (non-hydrogen) atoms. The molecule has 3 aliphatic rings. The molecule has 10 nitrogen and oxygen atoms in total. The highest BCUT2D eigenvalue weighted by atomic mass is 19.1. The van der Waals surface area contributed by atoms with Gasteiger partial charge in [-0.3, -0.25) is 4.79 Å². The summed E-state index contributed by atoms with van der Waals surface area (Å²) in [4.78, 5) is 33.6. The van der Waals surface area contributed by atoms with Crippen LogP contribution in [-0.2, 0) is 4.79 Å². The zero-order chi connectivity index (χ0) is 39.7. The number of carbonyl (C=O) groups is 1. The molecule has 2 atom stereocenters. The van der Waals surface area contributed by atoms with Gasteiger partial charge >= 0.3 is 6.01 Å². The molecule has 1 amide bonds. The van der Waals surface area contributed by atoms with Crippen molar-refractivity contribution in [3.05, 3.63) is 47.2 Å². The third kappa shape index (κ3) is 7.39. The lowest BCUT2D eigenvalue weighted by molar-refractivity contribution is -0.137. The van der Waals surface area contributed by atoms with Gasteiger partial charge in [0.15, 0.2) is 5.82 Å². The Morgan fingerprint density at radius 2 is 1.75 bits per heavy atom. The Bertz CT molecular complexity index is 2290. The number of alkyl halides is 1. The van der Waals surface area contributed by atoms with Crippen LogP contribution in [-0.4, -0.2) is 93.4 Å². The number of terminal acetylenes is 2. The molecule has 0 spiro atoms. The molecule has 4 aromatic rings. The second kappa shape index (κ2) is 15.9. The fourth-order valence-electron chi connectivity index (χ4n) is 8.32. The number of aromatic hydroxyl groups is 1. The van der Waals surface area contributed by atoms with Crippen LogP contribution in [0.15, 0.2) is 24.3 Å². The molecule has 2 aromatic carbocycles. The highest BCUT2D eigenvalue weighted by Gasteiger charge is 2.46. The van der Waals surface area contributed by atoms with Gasteiger partial charge < -0.3 is 24.5 Å². The third-order valence-electron chi connectivity index (χ3n) is 11.5. The summed E-state index contributed by atoms with van der Waals surface area (Å²) in [6, 6.07) is 6.77. The maximum atomic E-state index is 17.4. The molecule has 7 rings (SSSR count). The third-order valence-corrected chi connectivity index (χ3v) is 11.5. The lowest BCUT2D eigenvalue weighted by atomic mass is 9.95. The van der Waals surface area contributed by atoms with Crippen LogP contribution >= 0.6 is 0 Å². The number of phenolic OH excluding ortho intramolecular Hbond substituents is 1. The zero-order valence-electron chi connectivity index (χ0n) is 31.6. The van der Waals surface area contributed by atoms with Crippen LogP contribution in [0.25, 0.3) is 32.9 Å². The molecule has 1 N–H and O–H groups in total. The van der Waals surface area contributed by atoms with Crippen LogP contribution in [0, 0.1) is 53.1 Å². The minimum atomic E-state index is -0.897. The van der Waals surface area contributed by atoms with E-state index in [-0.39, 0.29) is 93.4 Å². The van der Waals surface area contributed by atoms with Gasteiger partial charge in [0.25, 0.3) is 0 Å². The van der Waals surface area contributed by atoms with Gasteiger partial charge in [-0.25, -0.2) is 18.2 Å². The lowest BCUT2D eigenvalue weighted by Gasteiger charge is -2.47.